The predicted octanol–water partition coefficient (Wildman–Crippen LogP) is 3.62. The molecular formula is C9H10F3NS. The summed E-state index contributed by atoms with van der Waals surface area (Å²) in [5.41, 5.74) is -2.44. The molecule has 1 aromatic rings. The van der Waals surface area contributed by atoms with Crippen molar-refractivity contribution in [2.75, 3.05) is 0 Å². The van der Waals surface area contributed by atoms with E-state index in [1.54, 1.807) is 26.8 Å². The number of nitrogens with zero attached hydrogens (tertiary/aromatic N) is 1. The minimum absolute atomic E-state index is 0.0998. The molecule has 0 aliphatic rings. The smallest absolute Gasteiger partial charge is 0.257 e. The van der Waals surface area contributed by atoms with Crippen molar-refractivity contribution in [3.8, 4) is 0 Å². The van der Waals surface area contributed by atoms with Crippen LogP contribution in [-0.4, -0.2) is 10.5 Å². The Morgan fingerprint density at radius 3 is 2.21 bits per heavy atom. The maximum atomic E-state index is 12.1. The lowest BCUT2D eigenvalue weighted by atomic mass is 10.2. The zero-order valence-corrected chi connectivity index (χ0v) is 8.88. The van der Waals surface area contributed by atoms with E-state index in [2.05, 4.69) is 4.98 Å². The molecule has 14 heavy (non-hydrogen) atoms. The monoisotopic (exact) mass is 221 g/mol. The zero-order chi connectivity index (χ0) is 10.9. The van der Waals surface area contributed by atoms with Crippen LogP contribution in [0.3, 0.4) is 0 Å². The first-order chi connectivity index (χ1) is 6.29. The number of aromatic nitrogens is 1. The third-order valence-electron chi connectivity index (χ3n) is 1.67. The molecule has 0 amide bonds. The summed E-state index contributed by atoms with van der Waals surface area (Å²) >= 11 is -0.0998. The van der Waals surface area contributed by atoms with E-state index in [1.165, 1.54) is 0 Å². The summed E-state index contributed by atoms with van der Waals surface area (Å²) in [5.74, 6) is 0. The zero-order valence-electron chi connectivity index (χ0n) is 8.07. The molecule has 78 valence electrons. The topological polar surface area (TPSA) is 12.9 Å². The van der Waals surface area contributed by atoms with Gasteiger partial charge in [-0.25, -0.2) is 0 Å². The number of thioether (sulfide) groups is 1. The van der Waals surface area contributed by atoms with Crippen LogP contribution in [0.2, 0.25) is 0 Å². The molecule has 1 nitrogen and oxygen atoms in total. The summed E-state index contributed by atoms with van der Waals surface area (Å²) in [6.07, 6.45) is 0. The summed E-state index contributed by atoms with van der Waals surface area (Å²) < 4.78 is 36.4. The third-order valence-corrected chi connectivity index (χ3v) is 2.73. The lowest BCUT2D eigenvalue weighted by Crippen LogP contribution is -2.03. The van der Waals surface area contributed by atoms with Gasteiger partial charge in [0.2, 0.25) is 0 Å². The Bertz CT molecular complexity index is 323. The number of rotatable bonds is 1. The van der Waals surface area contributed by atoms with Crippen LogP contribution < -0.4 is 0 Å². The Kier molecular flexibility index (Phi) is 3.09. The van der Waals surface area contributed by atoms with Gasteiger partial charge in [-0.15, -0.1) is 0 Å². The maximum Gasteiger partial charge on any atom is 0.446 e. The van der Waals surface area contributed by atoms with E-state index in [0.717, 1.165) is 5.69 Å². The minimum atomic E-state index is -4.24. The fourth-order valence-corrected chi connectivity index (χ4v) is 1.93. The normalized spacial score (nSPS) is 11.9. The Labute approximate surface area is 84.7 Å². The van der Waals surface area contributed by atoms with Crippen LogP contribution in [0.4, 0.5) is 13.2 Å². The molecule has 0 unspecified atom stereocenters. The van der Waals surface area contributed by atoms with Crippen LogP contribution in [0.5, 0.6) is 0 Å². The quantitative estimate of drug-likeness (QED) is 0.672. The molecule has 1 aromatic heterocycles. The first-order valence-electron chi connectivity index (χ1n) is 4.00. The highest BCUT2D eigenvalue weighted by Crippen LogP contribution is 2.39. The molecule has 0 spiro atoms. The highest BCUT2D eigenvalue weighted by molar-refractivity contribution is 8.00. The second kappa shape index (κ2) is 3.81. The van der Waals surface area contributed by atoms with Gasteiger partial charge in [-0.2, -0.15) is 13.2 Å². The highest BCUT2D eigenvalue weighted by Gasteiger charge is 2.31. The molecule has 0 saturated heterocycles. The first-order valence-corrected chi connectivity index (χ1v) is 4.82. The lowest BCUT2D eigenvalue weighted by Gasteiger charge is -2.11. The van der Waals surface area contributed by atoms with E-state index in [4.69, 9.17) is 0 Å². The molecular weight excluding hydrogens is 211 g/mol. The molecule has 0 aliphatic carbocycles. The number of halogens is 3. The molecule has 0 radical (unpaired) electrons. The number of aryl methyl sites for hydroxylation is 3. The molecule has 5 heteroatoms. The summed E-state index contributed by atoms with van der Waals surface area (Å²) in [6.45, 7) is 5.02. The largest absolute Gasteiger partial charge is 0.446 e. The van der Waals surface area contributed by atoms with Crippen LogP contribution in [0.15, 0.2) is 11.0 Å². The van der Waals surface area contributed by atoms with Crippen molar-refractivity contribution in [1.82, 2.24) is 4.98 Å². The van der Waals surface area contributed by atoms with Crippen LogP contribution in [0.1, 0.15) is 17.0 Å². The van der Waals surface area contributed by atoms with Gasteiger partial charge in [0.1, 0.15) is 0 Å². The molecule has 0 aliphatic heterocycles. The van der Waals surface area contributed by atoms with Crippen LogP contribution >= 0.6 is 11.8 Å². The van der Waals surface area contributed by atoms with Crippen LogP contribution in [0.25, 0.3) is 0 Å². The van der Waals surface area contributed by atoms with Gasteiger partial charge in [-0.3, -0.25) is 4.98 Å². The molecule has 0 saturated carbocycles. The number of hydrogen-bond donors (Lipinski definition) is 0. The first kappa shape index (κ1) is 11.4. The van der Waals surface area contributed by atoms with E-state index in [9.17, 15) is 13.2 Å². The van der Waals surface area contributed by atoms with Crippen molar-refractivity contribution in [1.29, 1.82) is 0 Å². The maximum absolute atomic E-state index is 12.1. The molecule has 1 heterocycles. The Morgan fingerprint density at radius 2 is 1.79 bits per heavy atom. The summed E-state index contributed by atoms with van der Waals surface area (Å²) in [5, 5.41) is 0. The minimum Gasteiger partial charge on any atom is -0.257 e. The Morgan fingerprint density at radius 1 is 1.21 bits per heavy atom. The van der Waals surface area contributed by atoms with E-state index >= 15 is 0 Å². The lowest BCUT2D eigenvalue weighted by molar-refractivity contribution is -0.0328. The Hall–Kier alpha value is -0.710. The van der Waals surface area contributed by atoms with Crippen molar-refractivity contribution < 1.29 is 13.2 Å². The number of alkyl halides is 3. The van der Waals surface area contributed by atoms with Crippen molar-refractivity contribution in [2.24, 2.45) is 0 Å². The SMILES string of the molecule is Cc1cc(C)c(SC(F)(F)F)c(C)n1. The number of hydrogen-bond acceptors (Lipinski definition) is 2. The van der Waals surface area contributed by atoms with Gasteiger partial charge in [0, 0.05) is 10.6 Å². The second-order valence-corrected chi connectivity index (χ2v) is 4.12. The molecule has 0 fully saturated rings. The average Bonchev–Trinajstić information content (AvgIpc) is 1.95. The predicted molar refractivity (Wildman–Crippen MR) is 50.4 cm³/mol. The fourth-order valence-electron chi connectivity index (χ4n) is 1.28. The molecule has 0 N–H and O–H groups in total. The van der Waals surface area contributed by atoms with Crippen LogP contribution in [0, 0.1) is 20.8 Å². The van der Waals surface area contributed by atoms with Crippen LogP contribution in [-0.2, 0) is 0 Å². The molecule has 0 atom stereocenters. The van der Waals surface area contributed by atoms with E-state index in [1.807, 2.05) is 0 Å². The molecule has 0 aromatic carbocycles. The van der Waals surface area contributed by atoms with Gasteiger partial charge >= 0.3 is 5.51 Å². The van der Waals surface area contributed by atoms with Crippen molar-refractivity contribution in [3.63, 3.8) is 0 Å². The Balaban J connectivity index is 3.09. The van der Waals surface area contributed by atoms with Gasteiger partial charge in [0.15, 0.2) is 0 Å². The third kappa shape index (κ3) is 2.90. The highest BCUT2D eigenvalue weighted by atomic mass is 32.2. The summed E-state index contributed by atoms with van der Waals surface area (Å²) in [6, 6.07) is 1.65. The standard InChI is InChI=1S/C9H10F3NS/c1-5-4-6(2)13-7(3)8(5)14-9(10,11)12/h4H,1-3H3. The van der Waals surface area contributed by atoms with Gasteiger partial charge < -0.3 is 0 Å². The second-order valence-electron chi connectivity index (χ2n) is 3.04. The van der Waals surface area contributed by atoms with Gasteiger partial charge in [0.25, 0.3) is 0 Å². The fraction of sp³-hybridized carbons (Fsp3) is 0.444. The van der Waals surface area contributed by atoms with Gasteiger partial charge in [-0.05, 0) is 44.2 Å². The van der Waals surface area contributed by atoms with Gasteiger partial charge in [-0.1, -0.05) is 0 Å². The molecule has 0 bridgehead atoms. The van der Waals surface area contributed by atoms with Gasteiger partial charge in [0.05, 0.1) is 5.69 Å². The molecule has 1 rings (SSSR count). The van der Waals surface area contributed by atoms with Crippen molar-refractivity contribution >= 4 is 11.8 Å². The van der Waals surface area contributed by atoms with E-state index in [0.29, 0.717) is 11.3 Å². The van der Waals surface area contributed by atoms with E-state index in [-0.39, 0.29) is 16.7 Å². The van der Waals surface area contributed by atoms with Crippen molar-refractivity contribution in [2.45, 2.75) is 31.2 Å². The number of pyridine rings is 1. The van der Waals surface area contributed by atoms with Crippen molar-refractivity contribution in [3.05, 3.63) is 23.0 Å². The average molecular weight is 221 g/mol. The van der Waals surface area contributed by atoms with E-state index < -0.39 is 5.51 Å². The summed E-state index contributed by atoms with van der Waals surface area (Å²) in [4.78, 5) is 4.21. The summed E-state index contributed by atoms with van der Waals surface area (Å²) in [7, 11) is 0.